The van der Waals surface area contributed by atoms with Crippen LogP contribution in [0.25, 0.3) is 0 Å². The van der Waals surface area contributed by atoms with E-state index in [2.05, 4.69) is 16.0 Å². The van der Waals surface area contributed by atoms with Gasteiger partial charge in [-0.15, -0.1) is 0 Å². The van der Waals surface area contributed by atoms with Gasteiger partial charge in [0, 0.05) is 43.0 Å². The number of aryl methyl sites for hydroxylation is 1. The third-order valence-electron chi connectivity index (χ3n) is 5.09. The number of rotatable bonds is 8. The van der Waals surface area contributed by atoms with E-state index in [0.29, 0.717) is 41.7 Å². The lowest BCUT2D eigenvalue weighted by molar-refractivity contribution is -0.134. The highest BCUT2D eigenvalue weighted by Gasteiger charge is 2.09. The van der Waals surface area contributed by atoms with Gasteiger partial charge >= 0.3 is 5.69 Å². The number of ether oxygens (including phenoxy) is 2. The maximum atomic E-state index is 12.3. The largest absolute Gasteiger partial charge is 0.481 e. The van der Waals surface area contributed by atoms with Crippen LogP contribution in [0, 0.1) is 18.3 Å². The van der Waals surface area contributed by atoms with E-state index in [4.69, 9.17) is 31.0 Å². The first-order chi connectivity index (χ1) is 18.2. The van der Waals surface area contributed by atoms with Gasteiger partial charge in [-0.25, -0.2) is 4.79 Å². The van der Waals surface area contributed by atoms with Crippen molar-refractivity contribution in [2.24, 2.45) is 0 Å². The third kappa shape index (κ3) is 8.47. The van der Waals surface area contributed by atoms with E-state index in [1.165, 1.54) is 4.57 Å². The van der Waals surface area contributed by atoms with Gasteiger partial charge in [0.15, 0.2) is 0 Å². The Kier molecular flexibility index (Phi) is 9.97. The number of carboxylic acid groups (broad SMARTS) is 1. The first-order valence-electron chi connectivity index (χ1n) is 11.5. The molecular formula is C28H25ClN4O5. The molecule has 0 aliphatic heterocycles. The summed E-state index contributed by atoms with van der Waals surface area (Å²) in [6, 6.07) is 18.3. The van der Waals surface area contributed by atoms with Gasteiger partial charge in [0.2, 0.25) is 5.88 Å². The van der Waals surface area contributed by atoms with Crippen LogP contribution in [-0.2, 0) is 17.8 Å². The Labute approximate surface area is 224 Å². The smallest absolute Gasteiger partial charge is 0.351 e. The first kappa shape index (κ1) is 27.9. The predicted molar refractivity (Wildman–Crippen MR) is 142 cm³/mol. The van der Waals surface area contributed by atoms with E-state index in [9.17, 15) is 10.1 Å². The van der Waals surface area contributed by atoms with Gasteiger partial charge < -0.3 is 14.6 Å². The van der Waals surface area contributed by atoms with Crippen molar-refractivity contribution < 1.29 is 19.4 Å². The Morgan fingerprint density at radius 3 is 2.61 bits per heavy atom. The van der Waals surface area contributed by atoms with E-state index in [1.807, 2.05) is 31.2 Å². The van der Waals surface area contributed by atoms with Crippen molar-refractivity contribution in [3.8, 4) is 23.4 Å². The van der Waals surface area contributed by atoms with Crippen LogP contribution < -0.4 is 15.2 Å². The lowest BCUT2D eigenvalue weighted by atomic mass is 10.1. The maximum Gasteiger partial charge on any atom is 0.351 e. The molecule has 2 aromatic carbocycles. The van der Waals surface area contributed by atoms with Crippen molar-refractivity contribution in [2.45, 2.75) is 26.8 Å². The first-order valence-corrected chi connectivity index (χ1v) is 11.9. The molecule has 0 saturated carbocycles. The molecule has 0 bridgehead atoms. The summed E-state index contributed by atoms with van der Waals surface area (Å²) in [6.07, 6.45) is 5.58. The van der Waals surface area contributed by atoms with E-state index in [1.54, 1.807) is 48.9 Å². The highest BCUT2D eigenvalue weighted by atomic mass is 35.5. The summed E-state index contributed by atoms with van der Waals surface area (Å²) in [4.78, 5) is 29.3. The number of hydrogen-bond acceptors (Lipinski definition) is 7. The fourth-order valence-corrected chi connectivity index (χ4v) is 3.41. The molecule has 0 aliphatic carbocycles. The molecule has 4 aromatic rings. The molecule has 2 aromatic heterocycles. The number of aromatic nitrogens is 3. The van der Waals surface area contributed by atoms with Crippen LogP contribution in [0.15, 0.2) is 78.0 Å². The highest BCUT2D eigenvalue weighted by Crippen LogP contribution is 2.29. The SMILES string of the molecule is CC(=O)O.Cc1cc(Oc2ccc(CCOc3ccn(Cc4cccnc4)c(=O)n3)cc2C#N)ccc1Cl. The Balaban J connectivity index is 0.000000934. The van der Waals surface area contributed by atoms with E-state index >= 15 is 0 Å². The van der Waals surface area contributed by atoms with Gasteiger partial charge in [0.1, 0.15) is 17.6 Å². The quantitative estimate of drug-likeness (QED) is 0.335. The summed E-state index contributed by atoms with van der Waals surface area (Å²) in [5.74, 6) is 0.498. The zero-order chi connectivity index (χ0) is 27.5. The van der Waals surface area contributed by atoms with Crippen molar-refractivity contribution in [3.63, 3.8) is 0 Å². The van der Waals surface area contributed by atoms with E-state index in [0.717, 1.165) is 23.6 Å². The van der Waals surface area contributed by atoms with Crippen LogP contribution in [0.4, 0.5) is 0 Å². The molecule has 0 amide bonds. The number of pyridine rings is 1. The zero-order valence-corrected chi connectivity index (χ0v) is 21.6. The molecule has 0 unspecified atom stereocenters. The highest BCUT2D eigenvalue weighted by molar-refractivity contribution is 6.31. The second-order valence-corrected chi connectivity index (χ2v) is 8.52. The normalized spacial score (nSPS) is 10.1. The summed E-state index contributed by atoms with van der Waals surface area (Å²) < 4.78 is 13.0. The van der Waals surface area contributed by atoms with Crippen LogP contribution in [0.3, 0.4) is 0 Å². The fourth-order valence-electron chi connectivity index (χ4n) is 3.29. The van der Waals surface area contributed by atoms with Gasteiger partial charge in [-0.1, -0.05) is 23.7 Å². The second kappa shape index (κ2) is 13.6. The standard InChI is InChI=1S/C26H21ClN4O3.C2H4O2/c1-18-13-22(5-6-23(18)27)34-24-7-4-19(14-21(24)15-28)9-12-33-25-8-11-31(26(32)30-25)17-20-3-2-10-29-16-20;1-2(3)4/h2-8,10-11,13-14,16H,9,12,17H2,1H3;1H3,(H,3,4). The molecule has 1 N–H and O–H groups in total. The average Bonchev–Trinajstić information content (AvgIpc) is 2.89. The van der Waals surface area contributed by atoms with Crippen molar-refractivity contribution in [3.05, 3.63) is 111 Å². The number of nitrogens with zero attached hydrogens (tertiary/aromatic N) is 4. The topological polar surface area (TPSA) is 127 Å². The number of aliphatic carboxylic acids is 1. The molecule has 0 radical (unpaired) electrons. The van der Waals surface area contributed by atoms with Crippen molar-refractivity contribution in [1.82, 2.24) is 14.5 Å². The average molecular weight is 533 g/mol. The molecule has 9 nitrogen and oxygen atoms in total. The Bertz CT molecular complexity index is 1500. The third-order valence-corrected chi connectivity index (χ3v) is 5.51. The summed E-state index contributed by atoms with van der Waals surface area (Å²) in [5, 5.41) is 17.6. The zero-order valence-electron chi connectivity index (χ0n) is 20.8. The van der Waals surface area contributed by atoms with Crippen LogP contribution >= 0.6 is 11.6 Å². The Morgan fingerprint density at radius 2 is 1.95 bits per heavy atom. The molecule has 4 rings (SSSR count). The van der Waals surface area contributed by atoms with Crippen LogP contribution in [0.2, 0.25) is 5.02 Å². The predicted octanol–water partition coefficient (Wildman–Crippen LogP) is 5.02. The minimum Gasteiger partial charge on any atom is -0.481 e. The van der Waals surface area contributed by atoms with Gasteiger partial charge in [0.05, 0.1) is 18.7 Å². The van der Waals surface area contributed by atoms with E-state index < -0.39 is 11.7 Å². The number of carbonyl (C=O) groups is 1. The maximum absolute atomic E-state index is 12.3. The molecular weight excluding hydrogens is 508 g/mol. The van der Waals surface area contributed by atoms with Gasteiger partial charge in [-0.3, -0.25) is 14.3 Å². The molecule has 10 heteroatoms. The molecule has 2 heterocycles. The van der Waals surface area contributed by atoms with Crippen LogP contribution in [0.5, 0.6) is 17.4 Å². The Morgan fingerprint density at radius 1 is 1.16 bits per heavy atom. The minimum absolute atomic E-state index is 0.256. The van der Waals surface area contributed by atoms with Crippen molar-refractivity contribution in [2.75, 3.05) is 6.61 Å². The lowest BCUT2D eigenvalue weighted by Gasteiger charge is -2.11. The van der Waals surface area contributed by atoms with Gasteiger partial charge in [-0.2, -0.15) is 10.2 Å². The van der Waals surface area contributed by atoms with Crippen molar-refractivity contribution >= 4 is 17.6 Å². The van der Waals surface area contributed by atoms with Gasteiger partial charge in [-0.05, 0) is 60.0 Å². The molecule has 38 heavy (non-hydrogen) atoms. The number of hydrogen-bond donors (Lipinski definition) is 1. The summed E-state index contributed by atoms with van der Waals surface area (Å²) in [6.45, 7) is 3.67. The monoisotopic (exact) mass is 532 g/mol. The summed E-state index contributed by atoms with van der Waals surface area (Å²) in [7, 11) is 0. The van der Waals surface area contributed by atoms with Gasteiger partial charge in [0.25, 0.3) is 5.97 Å². The second-order valence-electron chi connectivity index (χ2n) is 8.11. The molecule has 0 aliphatic rings. The number of nitriles is 1. The van der Waals surface area contributed by atoms with Crippen LogP contribution in [-0.4, -0.2) is 32.2 Å². The number of halogens is 1. The molecule has 0 atom stereocenters. The summed E-state index contributed by atoms with van der Waals surface area (Å²) in [5.41, 5.74) is 2.73. The Hall–Kier alpha value is -4.68. The molecule has 0 fully saturated rings. The van der Waals surface area contributed by atoms with Crippen molar-refractivity contribution in [1.29, 1.82) is 5.26 Å². The molecule has 0 saturated heterocycles. The molecule has 0 spiro atoms. The lowest BCUT2D eigenvalue weighted by Crippen LogP contribution is -2.23. The molecule has 194 valence electrons. The summed E-state index contributed by atoms with van der Waals surface area (Å²) >= 11 is 6.06. The number of carboxylic acids is 1. The van der Waals surface area contributed by atoms with E-state index in [-0.39, 0.29) is 5.88 Å². The van der Waals surface area contributed by atoms with Crippen LogP contribution in [0.1, 0.15) is 29.2 Å². The fraction of sp³-hybridized carbons (Fsp3) is 0.179. The minimum atomic E-state index is -0.833. The number of benzene rings is 2.